The first-order chi connectivity index (χ1) is 11.0. The van der Waals surface area contributed by atoms with Gasteiger partial charge >= 0.3 is 0 Å². The van der Waals surface area contributed by atoms with E-state index in [-0.39, 0.29) is 29.3 Å². The molecule has 23 heavy (non-hydrogen) atoms. The molecule has 0 aliphatic heterocycles. The summed E-state index contributed by atoms with van der Waals surface area (Å²) in [6.45, 7) is 2.43. The van der Waals surface area contributed by atoms with E-state index in [0.717, 1.165) is 12.8 Å². The van der Waals surface area contributed by atoms with Crippen molar-refractivity contribution in [3.05, 3.63) is 44.5 Å². The van der Waals surface area contributed by atoms with E-state index in [1.54, 1.807) is 0 Å². The zero-order chi connectivity index (χ0) is 16.4. The van der Waals surface area contributed by atoms with Gasteiger partial charge in [0.2, 0.25) is 0 Å². The molecule has 1 fully saturated rings. The molecule has 1 aliphatic carbocycles. The van der Waals surface area contributed by atoms with Crippen LogP contribution in [0.15, 0.2) is 23.0 Å². The number of rotatable bonds is 4. The quantitative estimate of drug-likeness (QED) is 0.690. The number of hydrogen-bond donors (Lipinski definition) is 1. The van der Waals surface area contributed by atoms with Crippen molar-refractivity contribution < 1.29 is 9.66 Å². The lowest BCUT2D eigenvalue weighted by Crippen LogP contribution is -2.26. The van der Waals surface area contributed by atoms with E-state index in [2.05, 4.69) is 16.9 Å². The van der Waals surface area contributed by atoms with Gasteiger partial charge in [0.25, 0.3) is 11.2 Å². The van der Waals surface area contributed by atoms with Crippen LogP contribution in [0.2, 0.25) is 0 Å². The van der Waals surface area contributed by atoms with E-state index in [1.807, 2.05) is 0 Å². The summed E-state index contributed by atoms with van der Waals surface area (Å²) in [4.78, 5) is 29.4. The van der Waals surface area contributed by atoms with Crippen molar-refractivity contribution in [1.82, 2.24) is 9.97 Å². The Labute approximate surface area is 132 Å². The van der Waals surface area contributed by atoms with E-state index in [0.29, 0.717) is 17.3 Å². The Bertz CT molecular complexity index is 786. The van der Waals surface area contributed by atoms with Crippen molar-refractivity contribution in [1.29, 1.82) is 0 Å². The first kappa shape index (κ1) is 15.6. The molecule has 1 aromatic heterocycles. The topological polar surface area (TPSA) is 98.1 Å². The molecule has 0 amide bonds. The minimum atomic E-state index is -0.527. The summed E-state index contributed by atoms with van der Waals surface area (Å²) in [6, 6.07) is 4.09. The standard InChI is InChI=1S/C16H19N3O4/c1-10-4-2-3-5-14(10)23-9-15-17-13-7-6-11(19(21)22)8-12(13)16(20)18-15/h6-8,10,14H,2-5,9H2,1H3,(H,17,18,20)/t10-,14-/m1/s1. The van der Waals surface area contributed by atoms with Crippen LogP contribution in [0.4, 0.5) is 5.69 Å². The maximum atomic E-state index is 12.1. The van der Waals surface area contributed by atoms with Crippen molar-refractivity contribution >= 4 is 16.6 Å². The molecule has 0 saturated heterocycles. The molecular formula is C16H19N3O4. The fourth-order valence-electron chi connectivity index (χ4n) is 3.07. The second-order valence-electron chi connectivity index (χ2n) is 6.08. The molecule has 1 N–H and O–H groups in total. The maximum absolute atomic E-state index is 12.1. The number of fused-ring (bicyclic) bond motifs is 1. The van der Waals surface area contributed by atoms with Crippen LogP contribution in [0.3, 0.4) is 0 Å². The van der Waals surface area contributed by atoms with Gasteiger partial charge in [0.05, 0.1) is 21.9 Å². The van der Waals surface area contributed by atoms with Crippen LogP contribution < -0.4 is 5.56 Å². The van der Waals surface area contributed by atoms with E-state index >= 15 is 0 Å². The highest BCUT2D eigenvalue weighted by Crippen LogP contribution is 2.26. The summed E-state index contributed by atoms with van der Waals surface area (Å²) >= 11 is 0. The number of nitro groups is 1. The average Bonchev–Trinajstić information content (AvgIpc) is 2.54. The average molecular weight is 317 g/mol. The van der Waals surface area contributed by atoms with Crippen molar-refractivity contribution in [2.24, 2.45) is 5.92 Å². The van der Waals surface area contributed by atoms with Crippen molar-refractivity contribution in [3.63, 3.8) is 0 Å². The number of nitro benzene ring substituents is 1. The second-order valence-corrected chi connectivity index (χ2v) is 6.08. The van der Waals surface area contributed by atoms with Crippen LogP contribution in [-0.2, 0) is 11.3 Å². The second kappa shape index (κ2) is 6.45. The number of benzene rings is 1. The minimum absolute atomic E-state index is 0.121. The molecular weight excluding hydrogens is 298 g/mol. The fraction of sp³-hybridized carbons (Fsp3) is 0.500. The van der Waals surface area contributed by atoms with E-state index < -0.39 is 4.92 Å². The van der Waals surface area contributed by atoms with E-state index in [9.17, 15) is 14.9 Å². The summed E-state index contributed by atoms with van der Waals surface area (Å²) < 4.78 is 5.91. The number of non-ortho nitro benzene ring substituents is 1. The predicted molar refractivity (Wildman–Crippen MR) is 85.2 cm³/mol. The summed E-state index contributed by atoms with van der Waals surface area (Å²) in [7, 11) is 0. The van der Waals surface area contributed by atoms with Gasteiger partial charge in [-0.25, -0.2) is 4.98 Å². The van der Waals surface area contributed by atoms with Gasteiger partial charge < -0.3 is 9.72 Å². The Morgan fingerprint density at radius 1 is 1.39 bits per heavy atom. The molecule has 2 atom stereocenters. The zero-order valence-electron chi connectivity index (χ0n) is 12.9. The maximum Gasteiger partial charge on any atom is 0.270 e. The number of H-pyrrole nitrogens is 1. The highest BCUT2D eigenvalue weighted by Gasteiger charge is 2.22. The normalized spacial score (nSPS) is 21.4. The molecule has 0 spiro atoms. The third kappa shape index (κ3) is 3.39. The lowest BCUT2D eigenvalue weighted by molar-refractivity contribution is -0.384. The summed E-state index contributed by atoms with van der Waals surface area (Å²) in [5.74, 6) is 0.965. The van der Waals surface area contributed by atoms with Crippen LogP contribution in [-0.4, -0.2) is 21.0 Å². The van der Waals surface area contributed by atoms with E-state index in [4.69, 9.17) is 4.74 Å². The summed E-state index contributed by atoms with van der Waals surface area (Å²) in [5.41, 5.74) is -0.0616. The Morgan fingerprint density at radius 3 is 2.91 bits per heavy atom. The molecule has 7 nitrogen and oxygen atoms in total. The van der Waals surface area contributed by atoms with Crippen LogP contribution in [0.1, 0.15) is 38.4 Å². The lowest BCUT2D eigenvalue weighted by Gasteiger charge is -2.28. The van der Waals surface area contributed by atoms with Crippen LogP contribution in [0.25, 0.3) is 10.9 Å². The Balaban J connectivity index is 1.81. The molecule has 7 heteroatoms. The number of nitrogens with zero attached hydrogens (tertiary/aromatic N) is 2. The Morgan fingerprint density at radius 2 is 2.17 bits per heavy atom. The highest BCUT2D eigenvalue weighted by atomic mass is 16.6. The number of ether oxygens (including phenoxy) is 1. The summed E-state index contributed by atoms with van der Waals surface area (Å²) in [5, 5.41) is 11.0. The number of hydrogen-bond acceptors (Lipinski definition) is 5. The largest absolute Gasteiger partial charge is 0.370 e. The SMILES string of the molecule is C[C@@H]1CCCC[C@H]1OCc1nc2ccc([N+](=O)[O-])cc2c(=O)[nH]1. The molecule has 0 bridgehead atoms. The predicted octanol–water partition coefficient (Wildman–Crippen LogP) is 2.93. The van der Waals surface area contributed by atoms with Crippen molar-refractivity contribution in [2.75, 3.05) is 0 Å². The third-order valence-corrected chi connectivity index (χ3v) is 4.42. The van der Waals surface area contributed by atoms with Gasteiger partial charge in [-0.1, -0.05) is 19.8 Å². The first-order valence-electron chi connectivity index (χ1n) is 7.83. The molecule has 2 aromatic rings. The molecule has 0 unspecified atom stereocenters. The van der Waals surface area contributed by atoms with Crippen molar-refractivity contribution in [3.8, 4) is 0 Å². The van der Waals surface area contributed by atoms with Gasteiger partial charge in [0, 0.05) is 12.1 Å². The first-order valence-corrected chi connectivity index (χ1v) is 7.83. The number of aromatic nitrogens is 2. The molecule has 0 radical (unpaired) electrons. The molecule has 1 aromatic carbocycles. The van der Waals surface area contributed by atoms with Gasteiger partial charge in [0.1, 0.15) is 12.4 Å². The zero-order valence-corrected chi connectivity index (χ0v) is 12.9. The number of nitrogens with one attached hydrogen (secondary N) is 1. The lowest BCUT2D eigenvalue weighted by atomic mass is 9.88. The Kier molecular flexibility index (Phi) is 4.38. The fourth-order valence-corrected chi connectivity index (χ4v) is 3.07. The van der Waals surface area contributed by atoms with Gasteiger partial charge in [0.15, 0.2) is 0 Å². The summed E-state index contributed by atoms with van der Waals surface area (Å²) in [6.07, 6.45) is 4.80. The van der Waals surface area contributed by atoms with Gasteiger partial charge in [-0.2, -0.15) is 0 Å². The van der Waals surface area contributed by atoms with Gasteiger partial charge in [-0.15, -0.1) is 0 Å². The van der Waals surface area contributed by atoms with Crippen LogP contribution in [0, 0.1) is 16.0 Å². The molecule has 1 saturated carbocycles. The minimum Gasteiger partial charge on any atom is -0.370 e. The monoisotopic (exact) mass is 317 g/mol. The Hall–Kier alpha value is -2.28. The number of aromatic amines is 1. The van der Waals surface area contributed by atoms with Crippen LogP contribution >= 0.6 is 0 Å². The molecule has 3 rings (SSSR count). The molecule has 1 heterocycles. The smallest absolute Gasteiger partial charge is 0.270 e. The molecule has 122 valence electrons. The van der Waals surface area contributed by atoms with Gasteiger partial charge in [-0.3, -0.25) is 14.9 Å². The highest BCUT2D eigenvalue weighted by molar-refractivity contribution is 5.79. The van der Waals surface area contributed by atoms with Crippen molar-refractivity contribution in [2.45, 2.75) is 45.3 Å². The van der Waals surface area contributed by atoms with Gasteiger partial charge in [-0.05, 0) is 24.8 Å². The molecule has 1 aliphatic rings. The third-order valence-electron chi connectivity index (χ3n) is 4.42. The van der Waals surface area contributed by atoms with Crippen LogP contribution in [0.5, 0.6) is 0 Å². The van der Waals surface area contributed by atoms with E-state index in [1.165, 1.54) is 31.0 Å².